The minimum absolute atomic E-state index is 0.00834. The Kier molecular flexibility index (Phi) is 5.68. The van der Waals surface area contributed by atoms with Crippen LogP contribution in [0.2, 0.25) is 0 Å². The van der Waals surface area contributed by atoms with Gasteiger partial charge in [-0.3, -0.25) is 4.79 Å². The van der Waals surface area contributed by atoms with Crippen LogP contribution in [0.15, 0.2) is 41.6 Å². The van der Waals surface area contributed by atoms with Gasteiger partial charge in [0.2, 0.25) is 0 Å². The van der Waals surface area contributed by atoms with Crippen LogP contribution in [0.3, 0.4) is 0 Å². The molecular formula is C23H20FN5O5S. The van der Waals surface area contributed by atoms with E-state index in [1.165, 1.54) is 36.5 Å². The Hall–Kier alpha value is -4.11. The Balaban J connectivity index is 1.94. The molecule has 0 bridgehead atoms. The Bertz CT molecular complexity index is 1530. The normalized spacial score (nSPS) is 13.5. The molecule has 0 unspecified atom stereocenters. The van der Waals surface area contributed by atoms with Crippen molar-refractivity contribution in [1.82, 2.24) is 19.7 Å². The summed E-state index contributed by atoms with van der Waals surface area (Å²) in [6.07, 6.45) is 1.41. The second-order valence-corrected chi connectivity index (χ2v) is 10.8. The second kappa shape index (κ2) is 8.28. The molecule has 0 fully saturated rings. The molecular weight excluding hydrogens is 477 g/mol. The Morgan fingerprint density at radius 3 is 2.54 bits per heavy atom. The van der Waals surface area contributed by atoms with Gasteiger partial charge in [-0.1, -0.05) is 6.07 Å². The van der Waals surface area contributed by atoms with Crippen LogP contribution in [0.4, 0.5) is 9.18 Å². The molecule has 3 aromatic rings. The average molecular weight is 498 g/mol. The number of hydrogen-bond donors (Lipinski definition) is 0. The molecule has 0 atom stereocenters. The highest BCUT2D eigenvalue weighted by Crippen LogP contribution is 2.34. The first kappa shape index (κ1) is 24.0. The van der Waals surface area contributed by atoms with Crippen LogP contribution in [0.1, 0.15) is 42.4 Å². The number of aromatic nitrogens is 3. The van der Waals surface area contributed by atoms with Crippen LogP contribution < -0.4 is 0 Å². The lowest BCUT2D eigenvalue weighted by Crippen LogP contribution is -2.37. The van der Waals surface area contributed by atoms with Crippen molar-refractivity contribution in [3.8, 4) is 23.0 Å². The zero-order chi connectivity index (χ0) is 25.7. The molecule has 0 spiro atoms. The fraction of sp³-hybridized carbons (Fsp3) is 0.261. The van der Waals surface area contributed by atoms with Crippen molar-refractivity contribution in [2.24, 2.45) is 0 Å². The Morgan fingerprint density at radius 1 is 1.23 bits per heavy atom. The number of sulfone groups is 1. The quantitative estimate of drug-likeness (QED) is 0.538. The maximum Gasteiger partial charge on any atom is 0.417 e. The molecule has 4 rings (SSSR count). The van der Waals surface area contributed by atoms with Crippen LogP contribution in [-0.4, -0.2) is 51.9 Å². The third kappa shape index (κ3) is 4.50. The van der Waals surface area contributed by atoms with Crippen LogP contribution in [0.25, 0.3) is 16.9 Å². The fourth-order valence-corrected chi connectivity index (χ4v) is 4.12. The topological polar surface area (TPSA) is 135 Å². The summed E-state index contributed by atoms with van der Waals surface area (Å²) in [5.74, 6) is -1.44. The highest BCUT2D eigenvalue weighted by molar-refractivity contribution is 7.90. The number of carbonyl (C=O) groups excluding carboxylic acids is 2. The van der Waals surface area contributed by atoms with E-state index in [0.717, 1.165) is 15.8 Å². The van der Waals surface area contributed by atoms with Crippen molar-refractivity contribution in [2.75, 3.05) is 6.26 Å². The Labute approximate surface area is 200 Å². The molecule has 2 amide bonds. The molecule has 1 aliphatic rings. The van der Waals surface area contributed by atoms with Crippen molar-refractivity contribution < 1.29 is 27.1 Å². The van der Waals surface area contributed by atoms with E-state index in [1.807, 2.05) is 6.07 Å². The minimum Gasteiger partial charge on any atom is -0.443 e. The number of rotatable bonds is 3. The van der Waals surface area contributed by atoms with Crippen LogP contribution in [-0.2, 0) is 21.1 Å². The van der Waals surface area contributed by atoms with Gasteiger partial charge in [0, 0.05) is 12.5 Å². The number of ether oxygens (including phenoxy) is 1. The number of halogens is 1. The van der Waals surface area contributed by atoms with Gasteiger partial charge in [-0.2, -0.15) is 10.4 Å². The molecule has 1 aromatic carbocycles. The van der Waals surface area contributed by atoms with E-state index in [-0.39, 0.29) is 45.3 Å². The molecule has 12 heteroatoms. The van der Waals surface area contributed by atoms with Gasteiger partial charge in [0.25, 0.3) is 5.91 Å². The van der Waals surface area contributed by atoms with Gasteiger partial charge in [0.15, 0.2) is 14.9 Å². The number of benzene rings is 1. The smallest absolute Gasteiger partial charge is 0.417 e. The first-order valence-corrected chi connectivity index (χ1v) is 12.2. The molecule has 35 heavy (non-hydrogen) atoms. The minimum atomic E-state index is -3.66. The Morgan fingerprint density at radius 2 is 1.94 bits per heavy atom. The van der Waals surface area contributed by atoms with Crippen molar-refractivity contribution in [3.63, 3.8) is 0 Å². The van der Waals surface area contributed by atoms with Gasteiger partial charge in [-0.15, -0.1) is 0 Å². The molecule has 0 saturated carbocycles. The van der Waals surface area contributed by atoms with Gasteiger partial charge < -0.3 is 4.74 Å². The van der Waals surface area contributed by atoms with E-state index >= 15 is 0 Å². The summed E-state index contributed by atoms with van der Waals surface area (Å²) in [6, 6.07) is 8.45. The van der Waals surface area contributed by atoms with Crippen LogP contribution in [0.5, 0.6) is 0 Å². The molecule has 0 aliphatic carbocycles. The highest BCUT2D eigenvalue weighted by atomic mass is 32.2. The molecule has 1 aliphatic heterocycles. The van der Waals surface area contributed by atoms with Gasteiger partial charge in [-0.05, 0) is 45.0 Å². The summed E-state index contributed by atoms with van der Waals surface area (Å²) in [5, 5.41) is 13.3. The number of carbonyl (C=O) groups is 2. The summed E-state index contributed by atoms with van der Waals surface area (Å²) in [6.45, 7) is 4.69. The zero-order valence-electron chi connectivity index (χ0n) is 19.2. The summed E-state index contributed by atoms with van der Waals surface area (Å²) in [4.78, 5) is 31.2. The number of imide groups is 1. The zero-order valence-corrected chi connectivity index (χ0v) is 20.1. The molecule has 0 saturated heterocycles. The van der Waals surface area contributed by atoms with Crippen molar-refractivity contribution in [2.45, 2.75) is 37.9 Å². The fourth-order valence-electron chi connectivity index (χ4n) is 3.58. The van der Waals surface area contributed by atoms with Crippen molar-refractivity contribution in [3.05, 3.63) is 59.2 Å². The molecule has 3 heterocycles. The third-order valence-electron chi connectivity index (χ3n) is 5.04. The van der Waals surface area contributed by atoms with Crippen molar-refractivity contribution >= 4 is 21.8 Å². The first-order valence-electron chi connectivity index (χ1n) is 10.3. The standard InChI is InChI=1S/C23H20FN5O5S/c1-23(2,3)34-22(31)28-12-16-20(21(28)30)17(29-9-8-18(27-29)35(4,32)33)10-15(26-16)19-13(11-25)6-5-7-14(19)24/h5-10H,12H2,1-4H3. The van der Waals surface area contributed by atoms with Gasteiger partial charge in [0.1, 0.15) is 11.4 Å². The van der Waals surface area contributed by atoms with Gasteiger partial charge >= 0.3 is 6.09 Å². The maximum atomic E-state index is 14.8. The van der Waals surface area contributed by atoms with E-state index in [1.54, 1.807) is 20.8 Å². The van der Waals surface area contributed by atoms with Gasteiger partial charge in [-0.25, -0.2) is 32.2 Å². The summed E-state index contributed by atoms with van der Waals surface area (Å²) < 4.78 is 45.2. The van der Waals surface area contributed by atoms with E-state index in [4.69, 9.17) is 4.74 Å². The molecule has 180 valence electrons. The maximum absolute atomic E-state index is 14.8. The number of nitriles is 1. The number of fused-ring (bicyclic) bond motifs is 1. The lowest BCUT2D eigenvalue weighted by atomic mass is 10.0. The van der Waals surface area contributed by atoms with Crippen molar-refractivity contribution in [1.29, 1.82) is 5.26 Å². The monoisotopic (exact) mass is 497 g/mol. The number of amides is 2. The summed E-state index contributed by atoms with van der Waals surface area (Å²) >= 11 is 0. The van der Waals surface area contributed by atoms with E-state index in [0.29, 0.717) is 0 Å². The molecule has 10 nitrogen and oxygen atoms in total. The lowest BCUT2D eigenvalue weighted by molar-refractivity contribution is 0.0247. The van der Waals surface area contributed by atoms with E-state index in [9.17, 15) is 27.7 Å². The average Bonchev–Trinajstić information content (AvgIpc) is 3.37. The first-order chi connectivity index (χ1) is 16.3. The number of pyridine rings is 1. The summed E-state index contributed by atoms with van der Waals surface area (Å²) in [5.41, 5.74) is -0.762. The predicted octanol–water partition coefficient (Wildman–Crippen LogP) is 3.24. The lowest BCUT2D eigenvalue weighted by Gasteiger charge is -2.23. The van der Waals surface area contributed by atoms with Gasteiger partial charge in [0.05, 0.1) is 46.4 Å². The highest BCUT2D eigenvalue weighted by Gasteiger charge is 2.39. The predicted molar refractivity (Wildman–Crippen MR) is 121 cm³/mol. The largest absolute Gasteiger partial charge is 0.443 e. The number of nitrogens with zero attached hydrogens (tertiary/aromatic N) is 5. The van der Waals surface area contributed by atoms with Crippen LogP contribution >= 0.6 is 0 Å². The number of hydrogen-bond acceptors (Lipinski definition) is 8. The van der Waals surface area contributed by atoms with E-state index in [2.05, 4.69) is 10.1 Å². The van der Waals surface area contributed by atoms with Crippen LogP contribution in [0, 0.1) is 17.1 Å². The molecule has 0 N–H and O–H groups in total. The molecule has 0 radical (unpaired) electrons. The third-order valence-corrected chi connectivity index (χ3v) is 6.01. The summed E-state index contributed by atoms with van der Waals surface area (Å²) in [7, 11) is -3.66. The molecule has 2 aromatic heterocycles. The van der Waals surface area contributed by atoms with E-state index < -0.39 is 33.3 Å². The SMILES string of the molecule is CC(C)(C)OC(=O)N1Cc2nc(-c3c(F)cccc3C#N)cc(-n3ccc(S(C)(=O)=O)n3)c2C1=O. The second-order valence-electron chi connectivity index (χ2n) is 8.86.